The van der Waals surface area contributed by atoms with E-state index in [9.17, 15) is 18.0 Å². The SMILES string of the molecule is NC(=O)CN(Cc1ccccc1C(F)(F)F)C1CC1. The zero-order valence-electron chi connectivity index (χ0n) is 10.3. The molecule has 0 heterocycles. The number of hydrogen-bond acceptors (Lipinski definition) is 2. The number of alkyl halides is 3. The summed E-state index contributed by atoms with van der Waals surface area (Å²) in [5.41, 5.74) is 4.67. The summed E-state index contributed by atoms with van der Waals surface area (Å²) in [7, 11) is 0. The number of nitrogens with two attached hydrogens (primary N) is 1. The van der Waals surface area contributed by atoms with Gasteiger partial charge in [0.15, 0.2) is 0 Å². The van der Waals surface area contributed by atoms with Crippen molar-refractivity contribution < 1.29 is 18.0 Å². The highest BCUT2D eigenvalue weighted by Gasteiger charge is 2.35. The molecular weight excluding hydrogens is 257 g/mol. The van der Waals surface area contributed by atoms with Crippen LogP contribution in [0.15, 0.2) is 24.3 Å². The van der Waals surface area contributed by atoms with Crippen LogP contribution in [0, 0.1) is 0 Å². The van der Waals surface area contributed by atoms with E-state index in [1.54, 1.807) is 11.0 Å². The minimum Gasteiger partial charge on any atom is -0.369 e. The predicted molar refractivity (Wildman–Crippen MR) is 64.1 cm³/mol. The number of benzene rings is 1. The average molecular weight is 272 g/mol. The highest BCUT2D eigenvalue weighted by molar-refractivity contribution is 5.76. The van der Waals surface area contributed by atoms with Gasteiger partial charge in [0.1, 0.15) is 0 Å². The quantitative estimate of drug-likeness (QED) is 0.892. The minimum absolute atomic E-state index is 0.00312. The van der Waals surface area contributed by atoms with Crippen molar-refractivity contribution in [1.82, 2.24) is 4.90 Å². The summed E-state index contributed by atoms with van der Waals surface area (Å²) < 4.78 is 38.6. The number of carbonyl (C=O) groups is 1. The van der Waals surface area contributed by atoms with E-state index in [4.69, 9.17) is 5.73 Å². The molecule has 1 aromatic carbocycles. The topological polar surface area (TPSA) is 46.3 Å². The largest absolute Gasteiger partial charge is 0.416 e. The summed E-state index contributed by atoms with van der Waals surface area (Å²) in [5.74, 6) is -0.517. The third-order valence-electron chi connectivity index (χ3n) is 3.12. The van der Waals surface area contributed by atoms with Crippen LogP contribution in [-0.4, -0.2) is 23.4 Å². The van der Waals surface area contributed by atoms with Crippen LogP contribution >= 0.6 is 0 Å². The van der Waals surface area contributed by atoms with Crippen molar-refractivity contribution >= 4 is 5.91 Å². The smallest absolute Gasteiger partial charge is 0.369 e. The molecule has 1 aliphatic carbocycles. The van der Waals surface area contributed by atoms with Gasteiger partial charge in [-0.25, -0.2) is 0 Å². The number of rotatable bonds is 5. The molecule has 0 bridgehead atoms. The van der Waals surface area contributed by atoms with Crippen LogP contribution in [0.4, 0.5) is 13.2 Å². The number of primary amides is 1. The van der Waals surface area contributed by atoms with Crippen molar-refractivity contribution in [2.24, 2.45) is 5.73 Å². The van der Waals surface area contributed by atoms with Crippen molar-refractivity contribution in [1.29, 1.82) is 0 Å². The summed E-state index contributed by atoms with van der Waals surface area (Å²) in [4.78, 5) is 12.7. The molecule has 0 atom stereocenters. The highest BCUT2D eigenvalue weighted by atomic mass is 19.4. The van der Waals surface area contributed by atoms with Crippen LogP contribution in [0.3, 0.4) is 0 Å². The molecule has 0 aliphatic heterocycles. The summed E-state index contributed by atoms with van der Waals surface area (Å²) >= 11 is 0. The minimum atomic E-state index is -4.38. The monoisotopic (exact) mass is 272 g/mol. The third kappa shape index (κ3) is 3.70. The maximum atomic E-state index is 12.9. The molecule has 0 saturated heterocycles. The second kappa shape index (κ2) is 5.21. The van der Waals surface area contributed by atoms with Gasteiger partial charge in [-0.15, -0.1) is 0 Å². The molecule has 0 radical (unpaired) electrons. The average Bonchev–Trinajstić information content (AvgIpc) is 3.10. The molecule has 1 aliphatic rings. The highest BCUT2D eigenvalue weighted by Crippen LogP contribution is 2.34. The van der Waals surface area contributed by atoms with Crippen LogP contribution in [0.2, 0.25) is 0 Å². The maximum Gasteiger partial charge on any atom is 0.416 e. The van der Waals surface area contributed by atoms with Gasteiger partial charge in [-0.05, 0) is 24.5 Å². The Balaban J connectivity index is 2.19. The standard InChI is InChI=1S/C13H15F3N2O/c14-13(15,16)11-4-2-1-3-9(11)7-18(8-12(17)19)10-5-6-10/h1-4,10H,5-8H2,(H2,17,19). The van der Waals surface area contributed by atoms with E-state index in [0.29, 0.717) is 0 Å². The third-order valence-corrected chi connectivity index (χ3v) is 3.12. The lowest BCUT2D eigenvalue weighted by atomic mass is 10.1. The zero-order valence-corrected chi connectivity index (χ0v) is 10.3. The van der Waals surface area contributed by atoms with Gasteiger partial charge in [0.2, 0.25) is 5.91 Å². The lowest BCUT2D eigenvalue weighted by Gasteiger charge is -2.22. The molecule has 3 nitrogen and oxygen atoms in total. The fraction of sp³-hybridized carbons (Fsp3) is 0.462. The lowest BCUT2D eigenvalue weighted by Crippen LogP contribution is -2.35. The van der Waals surface area contributed by atoms with E-state index in [2.05, 4.69) is 0 Å². The van der Waals surface area contributed by atoms with Crippen LogP contribution < -0.4 is 5.73 Å². The molecule has 1 saturated carbocycles. The first-order chi connectivity index (χ1) is 8.88. The van der Waals surface area contributed by atoms with Gasteiger partial charge in [0.25, 0.3) is 0 Å². The van der Waals surface area contributed by atoms with Crippen LogP contribution in [0.5, 0.6) is 0 Å². The van der Waals surface area contributed by atoms with Crippen molar-refractivity contribution in [2.75, 3.05) is 6.54 Å². The van der Waals surface area contributed by atoms with Crippen molar-refractivity contribution in [3.8, 4) is 0 Å². The first kappa shape index (κ1) is 13.9. The molecule has 0 aromatic heterocycles. The summed E-state index contributed by atoms with van der Waals surface area (Å²) in [5, 5.41) is 0. The number of halogens is 3. The summed E-state index contributed by atoms with van der Waals surface area (Å²) in [6.07, 6.45) is -2.57. The molecule has 6 heteroatoms. The molecule has 1 aromatic rings. The predicted octanol–water partition coefficient (Wildman–Crippen LogP) is 2.16. The van der Waals surface area contributed by atoms with Crippen molar-refractivity contribution in [3.63, 3.8) is 0 Å². The second-order valence-electron chi connectivity index (χ2n) is 4.76. The Labute approximate surface area is 109 Å². The molecule has 0 spiro atoms. The van der Waals surface area contributed by atoms with Gasteiger partial charge < -0.3 is 5.73 Å². The second-order valence-corrected chi connectivity index (χ2v) is 4.76. The van der Waals surface area contributed by atoms with Gasteiger partial charge in [0.05, 0.1) is 12.1 Å². The Morgan fingerprint density at radius 2 is 1.95 bits per heavy atom. The van der Waals surface area contributed by atoms with Crippen LogP contribution in [0.25, 0.3) is 0 Å². The fourth-order valence-electron chi connectivity index (χ4n) is 2.11. The van der Waals surface area contributed by atoms with Gasteiger partial charge in [-0.1, -0.05) is 18.2 Å². The Hall–Kier alpha value is -1.56. The summed E-state index contributed by atoms with van der Waals surface area (Å²) in [6, 6.07) is 5.61. The van der Waals surface area contributed by atoms with Gasteiger partial charge in [0, 0.05) is 12.6 Å². The van der Waals surface area contributed by atoms with E-state index in [1.807, 2.05) is 0 Å². The van der Waals surface area contributed by atoms with Crippen LogP contribution in [-0.2, 0) is 17.5 Å². The molecule has 0 unspecified atom stereocenters. The van der Waals surface area contributed by atoms with Gasteiger partial charge >= 0.3 is 6.18 Å². The number of amides is 1. The van der Waals surface area contributed by atoms with Gasteiger partial charge in [-0.3, -0.25) is 9.69 Å². The molecule has 1 fully saturated rings. The number of hydrogen-bond donors (Lipinski definition) is 1. The zero-order chi connectivity index (χ0) is 14.0. The van der Waals surface area contributed by atoms with Crippen LogP contribution in [0.1, 0.15) is 24.0 Å². The molecule has 104 valence electrons. The molecule has 2 rings (SSSR count). The van der Waals surface area contributed by atoms with Gasteiger partial charge in [-0.2, -0.15) is 13.2 Å². The number of carbonyl (C=O) groups excluding carboxylic acids is 1. The number of nitrogens with zero attached hydrogens (tertiary/aromatic N) is 1. The van der Waals surface area contributed by atoms with E-state index in [0.717, 1.165) is 18.9 Å². The van der Waals surface area contributed by atoms with E-state index in [1.165, 1.54) is 12.1 Å². The fourth-order valence-corrected chi connectivity index (χ4v) is 2.11. The molecule has 2 N–H and O–H groups in total. The van der Waals surface area contributed by atoms with E-state index < -0.39 is 17.6 Å². The Morgan fingerprint density at radius 1 is 1.32 bits per heavy atom. The first-order valence-electron chi connectivity index (χ1n) is 6.05. The molecular formula is C13H15F3N2O. The van der Waals surface area contributed by atoms with Crippen molar-refractivity contribution in [2.45, 2.75) is 31.6 Å². The normalized spacial score (nSPS) is 15.8. The molecule has 1 amide bonds. The molecule has 19 heavy (non-hydrogen) atoms. The Kier molecular flexibility index (Phi) is 3.80. The van der Waals surface area contributed by atoms with E-state index >= 15 is 0 Å². The van der Waals surface area contributed by atoms with Crippen molar-refractivity contribution in [3.05, 3.63) is 35.4 Å². The van der Waals surface area contributed by atoms with E-state index in [-0.39, 0.29) is 24.7 Å². The first-order valence-corrected chi connectivity index (χ1v) is 6.05. The Morgan fingerprint density at radius 3 is 2.47 bits per heavy atom. The Bertz CT molecular complexity index is 469. The lowest BCUT2D eigenvalue weighted by molar-refractivity contribution is -0.138. The summed E-state index contributed by atoms with van der Waals surface area (Å²) in [6.45, 7) is 0.0974. The maximum absolute atomic E-state index is 12.9.